The Kier molecular flexibility index (Phi) is 12.3. The molecule has 1 saturated heterocycles. The fourth-order valence-corrected chi connectivity index (χ4v) is 6.50. The van der Waals surface area contributed by atoms with Crippen molar-refractivity contribution in [3.63, 3.8) is 0 Å². The zero-order valence-electron chi connectivity index (χ0n) is 18.9. The first kappa shape index (κ1) is 26.9. The minimum Gasteiger partial charge on any atom is -0.493 e. The summed E-state index contributed by atoms with van der Waals surface area (Å²) in [5.74, 6) is 1.27. The molecular formula is C24H36O6S2. The van der Waals surface area contributed by atoms with Gasteiger partial charge in [-0.15, -0.1) is 11.8 Å². The monoisotopic (exact) mass is 484 g/mol. The van der Waals surface area contributed by atoms with Crippen LogP contribution in [0.15, 0.2) is 24.3 Å². The molecule has 0 aromatic heterocycles. The molecule has 1 aromatic rings. The number of hydrogen-bond donors (Lipinski definition) is 2. The lowest BCUT2D eigenvalue weighted by Gasteiger charge is -2.26. The molecule has 180 valence electrons. The third-order valence-corrected chi connectivity index (χ3v) is 8.36. The van der Waals surface area contributed by atoms with Crippen molar-refractivity contribution in [3.05, 3.63) is 29.8 Å². The molecule has 32 heavy (non-hydrogen) atoms. The second kappa shape index (κ2) is 14.7. The van der Waals surface area contributed by atoms with E-state index in [1.54, 1.807) is 11.8 Å². The lowest BCUT2D eigenvalue weighted by Crippen LogP contribution is -2.26. The molecule has 2 rings (SSSR count). The Morgan fingerprint density at radius 2 is 1.88 bits per heavy atom. The predicted molar refractivity (Wildman–Crippen MR) is 131 cm³/mol. The Labute approximate surface area is 199 Å². The molecule has 1 aliphatic heterocycles. The molecule has 0 amide bonds. The van der Waals surface area contributed by atoms with Gasteiger partial charge in [0.25, 0.3) is 0 Å². The van der Waals surface area contributed by atoms with Gasteiger partial charge in [0, 0.05) is 23.8 Å². The maximum atomic E-state index is 11.0. The van der Waals surface area contributed by atoms with E-state index >= 15 is 0 Å². The van der Waals surface area contributed by atoms with E-state index in [1.165, 1.54) is 5.56 Å². The van der Waals surface area contributed by atoms with Crippen LogP contribution in [0.25, 0.3) is 0 Å². The van der Waals surface area contributed by atoms with Crippen molar-refractivity contribution >= 4 is 35.5 Å². The van der Waals surface area contributed by atoms with E-state index < -0.39 is 16.9 Å². The van der Waals surface area contributed by atoms with Gasteiger partial charge in [-0.2, -0.15) is 11.8 Å². The van der Waals surface area contributed by atoms with Gasteiger partial charge in [0.2, 0.25) is 0 Å². The summed E-state index contributed by atoms with van der Waals surface area (Å²) >= 11 is 3.52. The van der Waals surface area contributed by atoms with Crippen molar-refractivity contribution in [1.29, 1.82) is 0 Å². The molecule has 1 atom stereocenters. The summed E-state index contributed by atoms with van der Waals surface area (Å²) in [7, 11) is 0. The molecule has 0 saturated carbocycles. The number of thioether (sulfide) groups is 2. The number of rotatable bonds is 17. The van der Waals surface area contributed by atoms with Crippen LogP contribution in [0.3, 0.4) is 0 Å². The zero-order valence-corrected chi connectivity index (χ0v) is 20.6. The van der Waals surface area contributed by atoms with Gasteiger partial charge >= 0.3 is 11.9 Å². The molecule has 1 unspecified atom stereocenters. The van der Waals surface area contributed by atoms with Crippen LogP contribution in [0.5, 0.6) is 5.75 Å². The van der Waals surface area contributed by atoms with Gasteiger partial charge < -0.3 is 19.7 Å². The van der Waals surface area contributed by atoms with E-state index in [2.05, 4.69) is 25.1 Å². The number of aliphatic carboxylic acids is 2. The van der Waals surface area contributed by atoms with Crippen LogP contribution in [-0.4, -0.2) is 57.1 Å². The van der Waals surface area contributed by atoms with Crippen LogP contribution in [0.1, 0.15) is 63.9 Å². The van der Waals surface area contributed by atoms with Crippen LogP contribution in [0, 0.1) is 0 Å². The number of benzene rings is 1. The first-order valence-electron chi connectivity index (χ1n) is 11.5. The number of aryl methyl sites for hydroxylation is 1. The number of para-hydroxylation sites is 1. The van der Waals surface area contributed by atoms with E-state index in [4.69, 9.17) is 19.7 Å². The number of unbranched alkanes of at least 4 members (excludes halogenated alkanes) is 2. The molecule has 8 heteroatoms. The van der Waals surface area contributed by atoms with E-state index in [0.29, 0.717) is 19.4 Å². The Hall–Kier alpha value is -1.38. The van der Waals surface area contributed by atoms with Crippen molar-refractivity contribution in [2.45, 2.75) is 74.9 Å². The lowest BCUT2D eigenvalue weighted by molar-refractivity contribution is -0.138. The third-order valence-electron chi connectivity index (χ3n) is 5.34. The van der Waals surface area contributed by atoms with Gasteiger partial charge in [0.15, 0.2) is 0 Å². The van der Waals surface area contributed by atoms with Crippen molar-refractivity contribution in [2.75, 3.05) is 24.7 Å². The van der Waals surface area contributed by atoms with E-state index in [9.17, 15) is 9.59 Å². The van der Waals surface area contributed by atoms with Crippen LogP contribution in [0.2, 0.25) is 0 Å². The molecule has 1 heterocycles. The molecule has 2 N–H and O–H groups in total. The van der Waals surface area contributed by atoms with Crippen LogP contribution >= 0.6 is 23.5 Å². The van der Waals surface area contributed by atoms with E-state index in [0.717, 1.165) is 56.0 Å². The number of ether oxygens (including phenoxy) is 2. The van der Waals surface area contributed by atoms with E-state index in [-0.39, 0.29) is 18.1 Å². The highest BCUT2D eigenvalue weighted by atomic mass is 32.2. The summed E-state index contributed by atoms with van der Waals surface area (Å²) in [6.45, 7) is 3.48. The molecule has 0 spiro atoms. The summed E-state index contributed by atoms with van der Waals surface area (Å²) in [6, 6.07) is 8.27. The standard InChI is InChI=1S/C24H36O6S2/c1-2-8-19-9-4-5-10-21(19)29-15-6-3-7-16-31-18-20-17-30-24(32-20,13-11-22(25)26)14-12-23(27)28/h4-5,9-10,20H,2-3,6-8,11-18H2,1H3,(H,25,26)(H,27,28). The van der Waals surface area contributed by atoms with Gasteiger partial charge in [-0.05, 0) is 55.9 Å². The summed E-state index contributed by atoms with van der Waals surface area (Å²) < 4.78 is 11.9. The Balaban J connectivity index is 1.59. The molecule has 0 aliphatic carbocycles. The Bertz CT molecular complexity index is 693. The van der Waals surface area contributed by atoms with Gasteiger partial charge in [0.1, 0.15) is 10.7 Å². The van der Waals surface area contributed by atoms with Crippen molar-refractivity contribution in [1.82, 2.24) is 0 Å². The summed E-state index contributed by atoms with van der Waals surface area (Å²) in [5, 5.41) is 18.3. The van der Waals surface area contributed by atoms with E-state index in [1.807, 2.05) is 17.8 Å². The number of carbonyl (C=O) groups is 2. The SMILES string of the molecule is CCCc1ccccc1OCCCCCSCC1COC(CCC(=O)O)(CCC(=O)O)S1. The fourth-order valence-electron chi connectivity index (χ4n) is 3.68. The average Bonchev–Trinajstić information content (AvgIpc) is 3.18. The molecule has 0 radical (unpaired) electrons. The highest BCUT2D eigenvalue weighted by Crippen LogP contribution is 2.45. The summed E-state index contributed by atoms with van der Waals surface area (Å²) in [5.41, 5.74) is 1.28. The van der Waals surface area contributed by atoms with Gasteiger partial charge in [-0.3, -0.25) is 9.59 Å². The number of carboxylic acid groups (broad SMARTS) is 2. The maximum absolute atomic E-state index is 11.0. The molecule has 1 aliphatic rings. The average molecular weight is 485 g/mol. The van der Waals surface area contributed by atoms with Crippen molar-refractivity contribution in [3.8, 4) is 5.75 Å². The minimum atomic E-state index is -0.875. The number of carboxylic acids is 2. The lowest BCUT2D eigenvalue weighted by atomic mass is 10.1. The van der Waals surface area contributed by atoms with Crippen LogP contribution < -0.4 is 4.74 Å². The molecule has 0 bridgehead atoms. The second-order valence-electron chi connectivity index (χ2n) is 8.09. The normalized spacial score (nSPS) is 17.3. The molecule has 1 fully saturated rings. The smallest absolute Gasteiger partial charge is 0.303 e. The van der Waals surface area contributed by atoms with Gasteiger partial charge in [-0.25, -0.2) is 0 Å². The highest BCUT2D eigenvalue weighted by molar-refractivity contribution is 8.04. The molecule has 1 aromatic carbocycles. The van der Waals surface area contributed by atoms with Crippen LogP contribution in [0.4, 0.5) is 0 Å². The van der Waals surface area contributed by atoms with Crippen molar-refractivity contribution in [2.24, 2.45) is 0 Å². The first-order chi connectivity index (χ1) is 15.4. The fraction of sp³-hybridized carbons (Fsp3) is 0.667. The molecule has 6 nitrogen and oxygen atoms in total. The first-order valence-corrected chi connectivity index (χ1v) is 13.5. The summed E-state index contributed by atoms with van der Waals surface area (Å²) in [4.78, 5) is 21.3. The topological polar surface area (TPSA) is 93.1 Å². The zero-order chi connectivity index (χ0) is 23.2. The third kappa shape index (κ3) is 10.0. The van der Waals surface area contributed by atoms with Gasteiger partial charge in [-0.1, -0.05) is 31.5 Å². The maximum Gasteiger partial charge on any atom is 0.303 e. The predicted octanol–water partition coefficient (Wildman–Crippen LogP) is 5.48. The second-order valence-corrected chi connectivity index (χ2v) is 10.9. The summed E-state index contributed by atoms with van der Waals surface area (Å²) in [6.07, 6.45) is 6.15. The van der Waals surface area contributed by atoms with Gasteiger partial charge in [0.05, 0.1) is 13.2 Å². The largest absolute Gasteiger partial charge is 0.493 e. The Morgan fingerprint density at radius 3 is 2.56 bits per heavy atom. The minimum absolute atomic E-state index is 0.00251. The highest BCUT2D eigenvalue weighted by Gasteiger charge is 2.41. The quantitative estimate of drug-likeness (QED) is 0.281. The van der Waals surface area contributed by atoms with Crippen LogP contribution in [-0.2, 0) is 20.7 Å². The number of hydrogen-bond acceptors (Lipinski definition) is 6. The Morgan fingerprint density at radius 1 is 1.16 bits per heavy atom. The molecular weight excluding hydrogens is 448 g/mol. The van der Waals surface area contributed by atoms with Crippen molar-refractivity contribution < 1.29 is 29.3 Å².